The molecule has 8 heavy (non-hydrogen) atoms. The van der Waals surface area contributed by atoms with Crippen LogP contribution in [-0.2, 0) is 5.11 Å². The van der Waals surface area contributed by atoms with Crippen LogP contribution in [-0.4, -0.2) is 0 Å². The maximum atomic E-state index is 9.69. The highest BCUT2D eigenvalue weighted by molar-refractivity contribution is 4.74. The van der Waals surface area contributed by atoms with Crippen LogP contribution < -0.4 is 0 Å². The lowest BCUT2D eigenvalue weighted by Crippen LogP contribution is -1.66. The van der Waals surface area contributed by atoms with Crippen molar-refractivity contribution in [3.8, 4) is 0 Å². The van der Waals surface area contributed by atoms with Gasteiger partial charge in [0.2, 0.25) is 0 Å². The zero-order valence-electron chi connectivity index (χ0n) is 4.97. The second kappa shape index (κ2) is 6.28. The Morgan fingerprint density at radius 3 is 2.62 bits per heavy atom. The average Bonchev–Trinajstić information content (AvgIpc) is 1.81. The molecule has 0 rings (SSSR count). The first-order chi connectivity index (χ1) is 3.91. The monoisotopic (exact) mass is 111 g/mol. The Labute approximate surface area is 50.3 Å². The summed E-state index contributed by atoms with van der Waals surface area (Å²) in [6, 6.07) is 0. The molecule has 1 heteroatoms. The molecule has 0 saturated heterocycles. The molecule has 0 amide bonds. The summed E-state index contributed by atoms with van der Waals surface area (Å²) in [5, 5.41) is 9.69. The van der Waals surface area contributed by atoms with Gasteiger partial charge in [-0.15, -0.1) is 6.58 Å². The van der Waals surface area contributed by atoms with Gasteiger partial charge in [0.15, 0.2) is 0 Å². The Hall–Kier alpha value is -0.720. The van der Waals surface area contributed by atoms with E-state index >= 15 is 0 Å². The van der Waals surface area contributed by atoms with Gasteiger partial charge in [0.05, 0.1) is 0 Å². The topological polar surface area (TPSA) is 19.9 Å². The molecule has 0 spiro atoms. The van der Waals surface area contributed by atoms with E-state index in [9.17, 15) is 5.11 Å². The molecule has 0 fully saturated rings. The van der Waals surface area contributed by atoms with E-state index in [-0.39, 0.29) is 0 Å². The van der Waals surface area contributed by atoms with Gasteiger partial charge in [-0.1, -0.05) is 6.08 Å². The third-order valence-corrected chi connectivity index (χ3v) is 0.875. The van der Waals surface area contributed by atoms with Gasteiger partial charge in [-0.3, -0.25) is 5.11 Å². The van der Waals surface area contributed by atoms with Crippen molar-refractivity contribution in [1.29, 1.82) is 0 Å². The standard InChI is InChI=1S/C7H11O/c1-2-3-4-5-6-7-8/h2,6-7H,1,3-5H2/b7-6+. The molecule has 1 radical (unpaired) electrons. The molecule has 0 aromatic carbocycles. The van der Waals surface area contributed by atoms with E-state index in [1.54, 1.807) is 6.08 Å². The molecule has 0 aliphatic rings. The maximum absolute atomic E-state index is 9.69. The minimum Gasteiger partial charge on any atom is -0.299 e. The molecule has 45 valence electrons. The first-order valence-electron chi connectivity index (χ1n) is 2.79. The quantitative estimate of drug-likeness (QED) is 0.301. The van der Waals surface area contributed by atoms with Gasteiger partial charge in [0, 0.05) is 0 Å². The summed E-state index contributed by atoms with van der Waals surface area (Å²) in [5.74, 6) is 0. The number of hydrogen-bond donors (Lipinski definition) is 0. The normalized spacial score (nSPS) is 10.0. The Morgan fingerprint density at radius 2 is 2.12 bits per heavy atom. The first-order valence-corrected chi connectivity index (χ1v) is 2.79. The van der Waals surface area contributed by atoms with Crippen LogP contribution in [0.25, 0.3) is 0 Å². The SMILES string of the molecule is C=CCCC/C=C/[O]. The molecule has 0 aromatic heterocycles. The summed E-state index contributed by atoms with van der Waals surface area (Å²) >= 11 is 0. The number of hydrogen-bond acceptors (Lipinski definition) is 0. The van der Waals surface area contributed by atoms with E-state index in [1.807, 2.05) is 6.08 Å². The number of unbranched alkanes of at least 4 members (excludes halogenated alkanes) is 2. The Morgan fingerprint density at radius 1 is 1.38 bits per heavy atom. The van der Waals surface area contributed by atoms with E-state index in [0.717, 1.165) is 25.5 Å². The number of rotatable bonds is 4. The molecule has 0 heterocycles. The second-order valence-electron chi connectivity index (χ2n) is 1.59. The summed E-state index contributed by atoms with van der Waals surface area (Å²) in [5.41, 5.74) is 0. The Bertz CT molecular complexity index is 74.5. The fraction of sp³-hybridized carbons (Fsp3) is 0.429. The Kier molecular flexibility index (Phi) is 5.71. The second-order valence-corrected chi connectivity index (χ2v) is 1.59. The number of allylic oxidation sites excluding steroid dienone is 2. The smallest absolute Gasteiger partial charge is 0.138 e. The fourth-order valence-electron chi connectivity index (χ4n) is 0.448. The third-order valence-electron chi connectivity index (χ3n) is 0.875. The predicted molar refractivity (Wildman–Crippen MR) is 33.9 cm³/mol. The zero-order valence-corrected chi connectivity index (χ0v) is 4.97. The summed E-state index contributed by atoms with van der Waals surface area (Å²) in [6.45, 7) is 3.56. The van der Waals surface area contributed by atoms with Crippen LogP contribution in [0.2, 0.25) is 0 Å². The highest BCUT2D eigenvalue weighted by atomic mass is 16.2. The van der Waals surface area contributed by atoms with Gasteiger partial charge in [0.25, 0.3) is 0 Å². The van der Waals surface area contributed by atoms with E-state index in [0.29, 0.717) is 0 Å². The molecule has 0 atom stereocenters. The lowest BCUT2D eigenvalue weighted by Gasteiger charge is -1.84. The lowest BCUT2D eigenvalue weighted by molar-refractivity contribution is 0.349. The highest BCUT2D eigenvalue weighted by Crippen LogP contribution is 1.95. The maximum Gasteiger partial charge on any atom is 0.138 e. The van der Waals surface area contributed by atoms with Crippen LogP contribution >= 0.6 is 0 Å². The van der Waals surface area contributed by atoms with Crippen molar-refractivity contribution in [2.24, 2.45) is 0 Å². The van der Waals surface area contributed by atoms with Gasteiger partial charge in [0.1, 0.15) is 6.26 Å². The Balaban J connectivity index is 2.82. The van der Waals surface area contributed by atoms with Crippen LogP contribution in [0.1, 0.15) is 19.3 Å². The predicted octanol–water partition coefficient (Wildman–Crippen LogP) is 2.29. The van der Waals surface area contributed by atoms with Crippen molar-refractivity contribution in [1.82, 2.24) is 0 Å². The van der Waals surface area contributed by atoms with E-state index in [4.69, 9.17) is 0 Å². The molecular formula is C7H11O. The van der Waals surface area contributed by atoms with Crippen LogP contribution in [0.15, 0.2) is 25.0 Å². The zero-order chi connectivity index (χ0) is 6.24. The minimum absolute atomic E-state index is 0.836. The summed E-state index contributed by atoms with van der Waals surface area (Å²) in [7, 11) is 0. The van der Waals surface area contributed by atoms with E-state index < -0.39 is 0 Å². The summed E-state index contributed by atoms with van der Waals surface area (Å²) < 4.78 is 0. The van der Waals surface area contributed by atoms with E-state index in [2.05, 4.69) is 6.58 Å². The largest absolute Gasteiger partial charge is 0.299 e. The van der Waals surface area contributed by atoms with Gasteiger partial charge in [-0.05, 0) is 25.3 Å². The van der Waals surface area contributed by atoms with Crippen LogP contribution in [0.5, 0.6) is 0 Å². The summed E-state index contributed by atoms with van der Waals surface area (Å²) in [6.07, 6.45) is 7.26. The summed E-state index contributed by atoms with van der Waals surface area (Å²) in [4.78, 5) is 0. The van der Waals surface area contributed by atoms with Crippen molar-refractivity contribution in [2.45, 2.75) is 19.3 Å². The minimum atomic E-state index is 0.836. The molecule has 1 nitrogen and oxygen atoms in total. The van der Waals surface area contributed by atoms with Crippen LogP contribution in [0.3, 0.4) is 0 Å². The van der Waals surface area contributed by atoms with Crippen molar-refractivity contribution in [3.63, 3.8) is 0 Å². The van der Waals surface area contributed by atoms with Crippen LogP contribution in [0, 0.1) is 0 Å². The fourth-order valence-corrected chi connectivity index (χ4v) is 0.448. The molecule has 0 aliphatic heterocycles. The van der Waals surface area contributed by atoms with Gasteiger partial charge in [-0.2, -0.15) is 0 Å². The highest BCUT2D eigenvalue weighted by Gasteiger charge is 1.76. The van der Waals surface area contributed by atoms with Crippen molar-refractivity contribution < 1.29 is 5.11 Å². The van der Waals surface area contributed by atoms with Crippen molar-refractivity contribution in [2.75, 3.05) is 0 Å². The first kappa shape index (κ1) is 7.28. The molecule has 0 aromatic rings. The van der Waals surface area contributed by atoms with Crippen molar-refractivity contribution >= 4 is 0 Å². The average molecular weight is 111 g/mol. The van der Waals surface area contributed by atoms with Crippen LogP contribution in [0.4, 0.5) is 0 Å². The molecule has 0 saturated carbocycles. The third kappa shape index (κ3) is 5.28. The molecule has 0 unspecified atom stereocenters. The molecular weight excluding hydrogens is 100 g/mol. The molecule has 0 aliphatic carbocycles. The van der Waals surface area contributed by atoms with Gasteiger partial charge in [-0.25, -0.2) is 0 Å². The molecule has 0 N–H and O–H groups in total. The molecule has 0 bridgehead atoms. The van der Waals surface area contributed by atoms with Gasteiger partial charge >= 0.3 is 0 Å². The lowest BCUT2D eigenvalue weighted by atomic mass is 10.2. The van der Waals surface area contributed by atoms with E-state index in [1.165, 1.54) is 0 Å². The van der Waals surface area contributed by atoms with Gasteiger partial charge < -0.3 is 0 Å². The van der Waals surface area contributed by atoms with Crippen molar-refractivity contribution in [3.05, 3.63) is 25.0 Å².